The van der Waals surface area contributed by atoms with Gasteiger partial charge in [-0.2, -0.15) is 0 Å². The minimum absolute atomic E-state index is 0.260. The summed E-state index contributed by atoms with van der Waals surface area (Å²) in [5.74, 6) is 2.28. The highest BCUT2D eigenvalue weighted by Crippen LogP contribution is 2.43. The van der Waals surface area contributed by atoms with Crippen LogP contribution in [0, 0.1) is 11.3 Å². The third kappa shape index (κ3) is 4.09. The molecule has 0 unspecified atom stereocenters. The van der Waals surface area contributed by atoms with Gasteiger partial charge in [0.1, 0.15) is 11.5 Å². The molecular formula is C20H29NO4. The molecule has 0 aromatic heterocycles. The zero-order valence-electron chi connectivity index (χ0n) is 15.3. The number of carbonyl (C=O) groups excluding carboxylic acids is 1. The number of rotatable bonds is 7. The van der Waals surface area contributed by atoms with Gasteiger partial charge in [-0.25, -0.2) is 0 Å². The second kappa shape index (κ2) is 8.09. The van der Waals surface area contributed by atoms with Gasteiger partial charge in [-0.05, 0) is 37.8 Å². The van der Waals surface area contributed by atoms with Gasteiger partial charge in [0.05, 0.1) is 25.7 Å². The largest absolute Gasteiger partial charge is 0.497 e. The van der Waals surface area contributed by atoms with Crippen LogP contribution in [0.1, 0.15) is 32.1 Å². The molecule has 0 spiro atoms. The Bertz CT molecular complexity index is 585. The topological polar surface area (TPSA) is 48.0 Å². The molecule has 1 aliphatic carbocycles. The number of ether oxygens (including phenoxy) is 3. The third-order valence-electron chi connectivity index (χ3n) is 5.52. The lowest BCUT2D eigenvalue weighted by Gasteiger charge is -2.45. The molecule has 1 atom stereocenters. The number of benzene rings is 1. The quantitative estimate of drug-likeness (QED) is 0.760. The molecule has 138 valence electrons. The van der Waals surface area contributed by atoms with Crippen molar-refractivity contribution in [3.63, 3.8) is 0 Å². The summed E-state index contributed by atoms with van der Waals surface area (Å²) in [5, 5.41) is 0. The number of hydrogen-bond donors (Lipinski definition) is 0. The van der Waals surface area contributed by atoms with Crippen molar-refractivity contribution in [3.05, 3.63) is 24.3 Å². The van der Waals surface area contributed by atoms with E-state index in [-0.39, 0.29) is 11.3 Å². The van der Waals surface area contributed by atoms with Gasteiger partial charge in [0, 0.05) is 32.2 Å². The second-order valence-corrected chi connectivity index (χ2v) is 7.32. The number of carbonyl (C=O) groups is 1. The van der Waals surface area contributed by atoms with Crippen LogP contribution >= 0.6 is 0 Å². The molecule has 25 heavy (non-hydrogen) atoms. The fraction of sp³-hybridized carbons (Fsp3) is 0.650. The maximum Gasteiger partial charge on any atom is 0.231 e. The Labute approximate surface area is 150 Å². The van der Waals surface area contributed by atoms with Gasteiger partial charge in [0.2, 0.25) is 5.91 Å². The zero-order chi connectivity index (χ0) is 17.7. The van der Waals surface area contributed by atoms with Gasteiger partial charge in [-0.15, -0.1) is 0 Å². The molecule has 1 saturated heterocycles. The van der Waals surface area contributed by atoms with Crippen molar-refractivity contribution in [1.29, 1.82) is 0 Å². The lowest BCUT2D eigenvalue weighted by molar-refractivity contribution is -0.154. The summed E-state index contributed by atoms with van der Waals surface area (Å²) in [4.78, 5) is 15.0. The van der Waals surface area contributed by atoms with Crippen LogP contribution in [0.15, 0.2) is 24.3 Å². The molecule has 5 heteroatoms. The number of hydrogen-bond acceptors (Lipinski definition) is 4. The molecular weight excluding hydrogens is 318 g/mol. The first-order chi connectivity index (χ1) is 12.2. The Balaban J connectivity index is 1.55. The molecule has 0 bridgehead atoms. The highest BCUT2D eigenvalue weighted by molar-refractivity contribution is 5.84. The SMILES string of the molecule is COCC1(C(=O)N2CCC[C@H](COc3cccc(OC)c3)C2)CCC1. The molecule has 1 amide bonds. The summed E-state index contributed by atoms with van der Waals surface area (Å²) < 4.78 is 16.5. The van der Waals surface area contributed by atoms with Crippen LogP contribution < -0.4 is 9.47 Å². The molecule has 3 rings (SSSR count). The molecule has 2 aliphatic rings. The minimum atomic E-state index is -0.260. The fourth-order valence-corrected chi connectivity index (χ4v) is 3.93. The van der Waals surface area contributed by atoms with Crippen LogP contribution in [-0.2, 0) is 9.53 Å². The zero-order valence-corrected chi connectivity index (χ0v) is 15.3. The first-order valence-corrected chi connectivity index (χ1v) is 9.22. The average Bonchev–Trinajstić information content (AvgIpc) is 2.63. The molecule has 1 aromatic rings. The van der Waals surface area contributed by atoms with E-state index < -0.39 is 0 Å². The van der Waals surface area contributed by atoms with Crippen molar-refractivity contribution in [1.82, 2.24) is 4.90 Å². The van der Waals surface area contributed by atoms with E-state index in [1.54, 1.807) is 14.2 Å². The summed E-state index contributed by atoms with van der Waals surface area (Å²) in [6.07, 6.45) is 5.19. The second-order valence-electron chi connectivity index (χ2n) is 7.32. The average molecular weight is 347 g/mol. The smallest absolute Gasteiger partial charge is 0.231 e. The fourth-order valence-electron chi connectivity index (χ4n) is 3.93. The van der Waals surface area contributed by atoms with E-state index in [0.29, 0.717) is 19.1 Å². The predicted octanol–water partition coefficient (Wildman–Crippen LogP) is 3.13. The summed E-state index contributed by atoms with van der Waals surface area (Å²) >= 11 is 0. The number of likely N-dealkylation sites (tertiary alicyclic amines) is 1. The Morgan fingerprint density at radius 2 is 2.04 bits per heavy atom. The van der Waals surface area contributed by atoms with Gasteiger partial charge >= 0.3 is 0 Å². The van der Waals surface area contributed by atoms with Gasteiger partial charge in [-0.3, -0.25) is 4.79 Å². The number of nitrogens with zero attached hydrogens (tertiary/aromatic N) is 1. The van der Waals surface area contributed by atoms with Crippen molar-refractivity contribution in [2.45, 2.75) is 32.1 Å². The van der Waals surface area contributed by atoms with E-state index >= 15 is 0 Å². The van der Waals surface area contributed by atoms with E-state index in [1.807, 2.05) is 29.2 Å². The number of methoxy groups -OCH3 is 2. The van der Waals surface area contributed by atoms with E-state index in [9.17, 15) is 4.79 Å². The Morgan fingerprint density at radius 1 is 1.24 bits per heavy atom. The van der Waals surface area contributed by atoms with E-state index in [1.165, 1.54) is 0 Å². The summed E-state index contributed by atoms with van der Waals surface area (Å²) in [6, 6.07) is 7.67. The van der Waals surface area contributed by atoms with E-state index in [0.717, 1.165) is 56.7 Å². The highest BCUT2D eigenvalue weighted by Gasteiger charge is 2.47. The van der Waals surface area contributed by atoms with E-state index in [2.05, 4.69) is 0 Å². The highest BCUT2D eigenvalue weighted by atomic mass is 16.5. The molecule has 1 saturated carbocycles. The van der Waals surface area contributed by atoms with Crippen LogP contribution in [0.25, 0.3) is 0 Å². The minimum Gasteiger partial charge on any atom is -0.497 e. The van der Waals surface area contributed by atoms with Gasteiger partial charge in [0.15, 0.2) is 0 Å². The first kappa shape index (κ1) is 18.1. The molecule has 1 aromatic carbocycles. The summed E-state index contributed by atoms with van der Waals surface area (Å²) in [6.45, 7) is 2.83. The van der Waals surface area contributed by atoms with Crippen LogP contribution in [0.2, 0.25) is 0 Å². The van der Waals surface area contributed by atoms with Crippen molar-refractivity contribution < 1.29 is 19.0 Å². The molecule has 0 N–H and O–H groups in total. The van der Waals surface area contributed by atoms with Crippen molar-refractivity contribution in [2.24, 2.45) is 11.3 Å². The van der Waals surface area contributed by atoms with Crippen LogP contribution in [0.5, 0.6) is 11.5 Å². The van der Waals surface area contributed by atoms with Crippen molar-refractivity contribution in [2.75, 3.05) is 40.5 Å². The predicted molar refractivity (Wildman–Crippen MR) is 96.0 cm³/mol. The Morgan fingerprint density at radius 3 is 2.72 bits per heavy atom. The standard InChI is InChI=1S/C20H29NO4/c1-23-15-20(9-5-10-20)19(22)21-11-4-6-16(13-21)14-25-18-8-3-7-17(12-18)24-2/h3,7-8,12,16H,4-6,9-11,13-15H2,1-2H3/t16-/m0/s1. The number of amides is 1. The van der Waals surface area contributed by atoms with Crippen LogP contribution in [0.3, 0.4) is 0 Å². The van der Waals surface area contributed by atoms with E-state index in [4.69, 9.17) is 14.2 Å². The maximum atomic E-state index is 13.0. The monoisotopic (exact) mass is 347 g/mol. The maximum absolute atomic E-state index is 13.0. The summed E-state index contributed by atoms with van der Waals surface area (Å²) in [5.41, 5.74) is -0.260. The molecule has 2 fully saturated rings. The van der Waals surface area contributed by atoms with Gasteiger partial charge in [0.25, 0.3) is 0 Å². The van der Waals surface area contributed by atoms with Gasteiger partial charge < -0.3 is 19.1 Å². The Kier molecular flexibility index (Phi) is 5.84. The lowest BCUT2D eigenvalue weighted by atomic mass is 9.68. The van der Waals surface area contributed by atoms with Gasteiger partial charge in [-0.1, -0.05) is 12.5 Å². The number of piperidine rings is 1. The van der Waals surface area contributed by atoms with Crippen LogP contribution in [0.4, 0.5) is 0 Å². The lowest BCUT2D eigenvalue weighted by Crippen LogP contribution is -2.53. The van der Waals surface area contributed by atoms with Crippen molar-refractivity contribution in [3.8, 4) is 11.5 Å². The molecule has 5 nitrogen and oxygen atoms in total. The molecule has 0 radical (unpaired) electrons. The molecule has 1 aliphatic heterocycles. The van der Waals surface area contributed by atoms with Crippen molar-refractivity contribution >= 4 is 5.91 Å². The Hall–Kier alpha value is -1.75. The first-order valence-electron chi connectivity index (χ1n) is 9.22. The van der Waals surface area contributed by atoms with Crippen LogP contribution in [-0.4, -0.2) is 51.3 Å². The third-order valence-corrected chi connectivity index (χ3v) is 5.52. The molecule has 1 heterocycles. The normalized spacial score (nSPS) is 22.2. The summed E-state index contributed by atoms with van der Waals surface area (Å²) in [7, 11) is 3.34.